The van der Waals surface area contributed by atoms with Crippen LogP contribution in [0.2, 0.25) is 0 Å². The summed E-state index contributed by atoms with van der Waals surface area (Å²) in [6.45, 7) is 3.82. The quantitative estimate of drug-likeness (QED) is 0.546. The molecule has 2 rings (SSSR count). The molecule has 0 amide bonds. The highest BCUT2D eigenvalue weighted by molar-refractivity contribution is 5.43. The average molecular weight is 147 g/mol. The number of rotatable bonds is 0. The van der Waals surface area contributed by atoms with Crippen LogP contribution in [0, 0.1) is 20.0 Å². The fourth-order valence-corrected chi connectivity index (χ4v) is 0.971. The van der Waals surface area contributed by atoms with E-state index in [1.54, 1.807) is 10.6 Å². The predicted octanol–water partition coefficient (Wildman–Crippen LogP) is 0.541. The van der Waals surface area contributed by atoms with Gasteiger partial charge < -0.3 is 0 Å². The van der Waals surface area contributed by atoms with Gasteiger partial charge in [0.1, 0.15) is 6.20 Å². The molecule has 0 unspecified atom stereocenters. The first-order valence-electron chi connectivity index (χ1n) is 3.35. The number of nitrogens with zero attached hydrogens (tertiary/aromatic N) is 4. The van der Waals surface area contributed by atoms with E-state index in [1.165, 1.54) is 0 Å². The van der Waals surface area contributed by atoms with Crippen molar-refractivity contribution in [1.29, 1.82) is 0 Å². The molecule has 0 aliphatic carbocycles. The van der Waals surface area contributed by atoms with Gasteiger partial charge in [0, 0.05) is 0 Å². The summed E-state index contributed by atoms with van der Waals surface area (Å²) in [6, 6.07) is 1.80. The molecule has 0 aromatic carbocycles. The van der Waals surface area contributed by atoms with Crippen molar-refractivity contribution in [2.24, 2.45) is 0 Å². The summed E-state index contributed by atoms with van der Waals surface area (Å²) in [4.78, 5) is 0. The van der Waals surface area contributed by atoms with Crippen LogP contribution in [0.25, 0.3) is 5.65 Å². The van der Waals surface area contributed by atoms with Gasteiger partial charge in [-0.3, -0.25) is 0 Å². The van der Waals surface area contributed by atoms with Crippen LogP contribution < -0.4 is 0 Å². The normalized spacial score (nSPS) is 10.7. The molecular formula is C7H7N4. The third kappa shape index (κ3) is 0.790. The molecule has 0 atom stereocenters. The topological polar surface area (TPSA) is 43.1 Å². The summed E-state index contributed by atoms with van der Waals surface area (Å²) < 4.78 is 1.68. The largest absolute Gasteiger partial charge is 0.197 e. The lowest BCUT2D eigenvalue weighted by molar-refractivity contribution is 0.866. The lowest BCUT2D eigenvalue weighted by Gasteiger charge is -1.92. The van der Waals surface area contributed by atoms with Gasteiger partial charge in [0.25, 0.3) is 0 Å². The molecule has 55 valence electrons. The van der Waals surface area contributed by atoms with Crippen molar-refractivity contribution in [2.75, 3.05) is 0 Å². The Balaban J connectivity index is 2.94. The molecule has 11 heavy (non-hydrogen) atoms. The average Bonchev–Trinajstić information content (AvgIpc) is 2.35. The SMILES string of the molecule is Cc1c[c]nn2c(C)nnc12. The molecule has 4 nitrogen and oxygen atoms in total. The molecule has 2 heterocycles. The van der Waals surface area contributed by atoms with E-state index in [0.717, 1.165) is 17.0 Å². The molecular weight excluding hydrogens is 140 g/mol. The van der Waals surface area contributed by atoms with Crippen molar-refractivity contribution in [3.8, 4) is 0 Å². The van der Waals surface area contributed by atoms with Gasteiger partial charge >= 0.3 is 0 Å². The minimum absolute atomic E-state index is 0.792. The van der Waals surface area contributed by atoms with Crippen molar-refractivity contribution in [3.05, 3.63) is 23.7 Å². The molecule has 0 fully saturated rings. The Hall–Kier alpha value is -1.45. The Morgan fingerprint density at radius 3 is 2.91 bits per heavy atom. The monoisotopic (exact) mass is 147 g/mol. The van der Waals surface area contributed by atoms with Gasteiger partial charge in [-0.25, -0.2) is 0 Å². The molecule has 2 aromatic heterocycles. The predicted molar refractivity (Wildman–Crippen MR) is 39.1 cm³/mol. The van der Waals surface area contributed by atoms with Crippen molar-refractivity contribution >= 4 is 5.65 Å². The number of aromatic nitrogens is 4. The maximum Gasteiger partial charge on any atom is 0.180 e. The van der Waals surface area contributed by atoms with E-state index in [1.807, 2.05) is 13.8 Å². The molecule has 0 spiro atoms. The Morgan fingerprint density at radius 1 is 1.36 bits per heavy atom. The smallest absolute Gasteiger partial charge is 0.180 e. The van der Waals surface area contributed by atoms with Crippen molar-refractivity contribution in [2.45, 2.75) is 13.8 Å². The standard InChI is InChI=1S/C7H7N4/c1-5-3-4-8-11-6(2)9-10-7(5)11/h3H,1-2H3. The number of hydrogen-bond acceptors (Lipinski definition) is 3. The highest BCUT2D eigenvalue weighted by atomic mass is 15.4. The van der Waals surface area contributed by atoms with Gasteiger partial charge in [-0.2, -0.15) is 9.61 Å². The molecule has 0 N–H and O–H groups in total. The van der Waals surface area contributed by atoms with E-state index >= 15 is 0 Å². The van der Waals surface area contributed by atoms with Crippen LogP contribution in [0.15, 0.2) is 6.07 Å². The van der Waals surface area contributed by atoms with Crippen LogP contribution in [0.3, 0.4) is 0 Å². The summed E-state index contributed by atoms with van der Waals surface area (Å²) in [5.74, 6) is 0.792. The van der Waals surface area contributed by atoms with Gasteiger partial charge in [-0.15, -0.1) is 10.2 Å². The lowest BCUT2D eigenvalue weighted by Crippen LogP contribution is -1.94. The number of hydrogen-bond donors (Lipinski definition) is 0. The van der Waals surface area contributed by atoms with E-state index in [-0.39, 0.29) is 0 Å². The molecule has 4 heteroatoms. The van der Waals surface area contributed by atoms with Crippen LogP contribution in [0.4, 0.5) is 0 Å². The van der Waals surface area contributed by atoms with Gasteiger partial charge in [0.05, 0.1) is 0 Å². The van der Waals surface area contributed by atoms with Crippen LogP contribution >= 0.6 is 0 Å². The summed E-state index contributed by atoms with van der Waals surface area (Å²) >= 11 is 0. The van der Waals surface area contributed by atoms with Crippen LogP contribution in [0.1, 0.15) is 11.4 Å². The second-order valence-electron chi connectivity index (χ2n) is 2.44. The summed E-state index contributed by atoms with van der Waals surface area (Å²) in [5, 5.41) is 11.8. The van der Waals surface area contributed by atoms with E-state index in [9.17, 15) is 0 Å². The third-order valence-corrected chi connectivity index (χ3v) is 1.59. The summed E-state index contributed by atoms with van der Waals surface area (Å²) in [5.41, 5.74) is 1.85. The zero-order chi connectivity index (χ0) is 7.84. The minimum Gasteiger partial charge on any atom is -0.197 e. The maximum atomic E-state index is 3.97. The van der Waals surface area contributed by atoms with E-state index in [4.69, 9.17) is 0 Å². The van der Waals surface area contributed by atoms with Gasteiger partial charge in [0.2, 0.25) is 0 Å². The second kappa shape index (κ2) is 2.02. The maximum absolute atomic E-state index is 3.97. The first-order chi connectivity index (χ1) is 5.29. The van der Waals surface area contributed by atoms with Gasteiger partial charge in [-0.1, -0.05) is 0 Å². The van der Waals surface area contributed by atoms with Crippen molar-refractivity contribution < 1.29 is 0 Å². The number of fused-ring (bicyclic) bond motifs is 1. The lowest BCUT2D eigenvalue weighted by atomic mass is 10.3. The van der Waals surface area contributed by atoms with Gasteiger partial charge in [0.15, 0.2) is 11.5 Å². The highest BCUT2D eigenvalue weighted by Crippen LogP contribution is 2.04. The molecule has 0 saturated heterocycles. The Morgan fingerprint density at radius 2 is 2.18 bits per heavy atom. The first kappa shape index (κ1) is 6.27. The minimum atomic E-state index is 0.792. The van der Waals surface area contributed by atoms with Gasteiger partial charge in [-0.05, 0) is 25.5 Å². The second-order valence-corrected chi connectivity index (χ2v) is 2.44. The first-order valence-corrected chi connectivity index (χ1v) is 3.35. The summed E-state index contributed by atoms with van der Waals surface area (Å²) in [7, 11) is 0. The van der Waals surface area contributed by atoms with E-state index in [2.05, 4.69) is 21.5 Å². The Labute approximate surface area is 63.9 Å². The van der Waals surface area contributed by atoms with Crippen molar-refractivity contribution in [3.63, 3.8) is 0 Å². The molecule has 0 saturated carbocycles. The molecule has 0 aliphatic heterocycles. The Bertz CT molecular complexity index is 390. The molecule has 0 aliphatic rings. The molecule has 1 radical (unpaired) electrons. The Kier molecular flexibility index (Phi) is 1.15. The highest BCUT2D eigenvalue weighted by Gasteiger charge is 2.02. The van der Waals surface area contributed by atoms with Crippen molar-refractivity contribution in [1.82, 2.24) is 19.8 Å². The van der Waals surface area contributed by atoms with Crippen LogP contribution in [-0.2, 0) is 0 Å². The molecule has 2 aromatic rings. The zero-order valence-electron chi connectivity index (χ0n) is 6.37. The van der Waals surface area contributed by atoms with E-state index in [0.29, 0.717) is 0 Å². The number of aryl methyl sites for hydroxylation is 2. The fraction of sp³-hybridized carbons (Fsp3) is 0.286. The fourth-order valence-electron chi connectivity index (χ4n) is 0.971. The van der Waals surface area contributed by atoms with Crippen LogP contribution in [-0.4, -0.2) is 19.8 Å². The summed E-state index contributed by atoms with van der Waals surface area (Å²) in [6.07, 6.45) is 2.76. The van der Waals surface area contributed by atoms with E-state index < -0.39 is 0 Å². The zero-order valence-corrected chi connectivity index (χ0v) is 6.37. The molecule has 0 bridgehead atoms. The van der Waals surface area contributed by atoms with Crippen LogP contribution in [0.5, 0.6) is 0 Å². The third-order valence-electron chi connectivity index (χ3n) is 1.59.